The highest BCUT2D eigenvalue weighted by Crippen LogP contribution is 2.45. The molecule has 0 unspecified atom stereocenters. The van der Waals surface area contributed by atoms with Gasteiger partial charge in [0.2, 0.25) is 0 Å². The first-order valence-electron chi connectivity index (χ1n) is 11.3. The number of nitriles is 1. The molecule has 0 spiro atoms. The fraction of sp³-hybridized carbons (Fsp3) is 0.480. The van der Waals surface area contributed by atoms with E-state index < -0.39 is 11.7 Å². The van der Waals surface area contributed by atoms with Crippen LogP contribution in [0.5, 0.6) is 0 Å². The Labute approximate surface area is 196 Å². The molecule has 0 aliphatic carbocycles. The summed E-state index contributed by atoms with van der Waals surface area (Å²) in [6.45, 7) is 6.92. The summed E-state index contributed by atoms with van der Waals surface area (Å²) >= 11 is 0. The number of aromatic nitrogens is 1. The lowest BCUT2D eigenvalue weighted by Crippen LogP contribution is -2.49. The summed E-state index contributed by atoms with van der Waals surface area (Å²) in [4.78, 5) is 21.1. The largest absolute Gasteiger partial charge is 0.417 e. The van der Waals surface area contributed by atoms with E-state index in [9.17, 15) is 18.0 Å². The van der Waals surface area contributed by atoms with E-state index in [1.54, 1.807) is 30.5 Å². The number of anilines is 1. The van der Waals surface area contributed by atoms with Gasteiger partial charge in [0.25, 0.3) is 5.91 Å². The molecular formula is C25H27F3N4O2. The van der Waals surface area contributed by atoms with E-state index in [0.717, 1.165) is 11.8 Å². The number of fused-ring (bicyclic) bond motifs is 1. The highest BCUT2D eigenvalue weighted by Gasteiger charge is 2.51. The lowest BCUT2D eigenvalue weighted by Gasteiger charge is -2.44. The van der Waals surface area contributed by atoms with Crippen molar-refractivity contribution in [2.45, 2.75) is 26.4 Å². The minimum Gasteiger partial charge on any atom is -0.381 e. The third-order valence-corrected chi connectivity index (χ3v) is 6.97. The molecule has 0 N–H and O–H groups in total. The minimum absolute atomic E-state index is 0.0418. The Hall–Kier alpha value is -3.12. The van der Waals surface area contributed by atoms with Gasteiger partial charge in [-0.05, 0) is 50.6 Å². The lowest BCUT2D eigenvalue weighted by molar-refractivity contribution is -0.137. The van der Waals surface area contributed by atoms with Gasteiger partial charge in [0.1, 0.15) is 0 Å². The van der Waals surface area contributed by atoms with Crippen molar-refractivity contribution in [3.8, 4) is 6.07 Å². The number of nitrogens with zero attached hydrogens (tertiary/aromatic N) is 4. The Morgan fingerprint density at radius 1 is 1.29 bits per heavy atom. The number of likely N-dealkylation sites (tertiary alicyclic amines) is 1. The third-order valence-electron chi connectivity index (χ3n) is 6.97. The molecule has 2 aromatic rings. The number of benzene rings is 1. The molecule has 0 bridgehead atoms. The van der Waals surface area contributed by atoms with E-state index in [0.29, 0.717) is 57.1 Å². The van der Waals surface area contributed by atoms with Crippen molar-refractivity contribution in [3.63, 3.8) is 0 Å². The van der Waals surface area contributed by atoms with Crippen molar-refractivity contribution in [1.82, 2.24) is 9.88 Å². The van der Waals surface area contributed by atoms with Crippen LogP contribution in [0.4, 0.5) is 18.9 Å². The fourth-order valence-electron chi connectivity index (χ4n) is 5.05. The van der Waals surface area contributed by atoms with Gasteiger partial charge in [-0.1, -0.05) is 0 Å². The number of ether oxygens (including phenoxy) is 1. The maximum absolute atomic E-state index is 13.5. The molecule has 0 saturated carbocycles. The molecule has 0 radical (unpaired) electrons. The number of aryl methyl sites for hydroxylation is 1. The predicted octanol–water partition coefficient (Wildman–Crippen LogP) is 4.29. The normalized spacial score (nSPS) is 22.4. The van der Waals surface area contributed by atoms with Crippen molar-refractivity contribution in [2.24, 2.45) is 11.3 Å². The van der Waals surface area contributed by atoms with Crippen LogP contribution in [0.1, 0.15) is 40.5 Å². The van der Waals surface area contributed by atoms with Crippen LogP contribution in [0.15, 0.2) is 36.5 Å². The standard InChI is InChI=1S/C25H27F3N4O2/c1-3-34-16-24-8-9-31(21-7-6-18(11-29)22(10-21)25(26,27)28)13-20(24)14-32(15-24)23(33)19-5-4-17(2)30-12-19/h4-7,10,12,20H,3,8-9,13-16H2,1-2H3/t20-,24+/m1/s1. The maximum Gasteiger partial charge on any atom is 0.417 e. The van der Waals surface area contributed by atoms with Gasteiger partial charge in [-0.3, -0.25) is 9.78 Å². The molecule has 1 aromatic heterocycles. The smallest absolute Gasteiger partial charge is 0.381 e. The Balaban J connectivity index is 1.58. The van der Waals surface area contributed by atoms with Gasteiger partial charge in [0.15, 0.2) is 0 Å². The molecule has 2 saturated heterocycles. The highest BCUT2D eigenvalue weighted by molar-refractivity contribution is 5.94. The summed E-state index contributed by atoms with van der Waals surface area (Å²) in [6.07, 6.45) is -2.33. The molecule has 1 amide bonds. The molecule has 9 heteroatoms. The van der Waals surface area contributed by atoms with Crippen molar-refractivity contribution in [1.29, 1.82) is 5.26 Å². The van der Waals surface area contributed by atoms with Crippen LogP contribution < -0.4 is 4.90 Å². The number of carbonyl (C=O) groups excluding carboxylic acids is 1. The zero-order chi connectivity index (χ0) is 24.5. The predicted molar refractivity (Wildman–Crippen MR) is 120 cm³/mol. The summed E-state index contributed by atoms with van der Waals surface area (Å²) in [5.41, 5.74) is 0.228. The Kier molecular flexibility index (Phi) is 6.54. The number of pyridine rings is 1. The second-order valence-electron chi connectivity index (χ2n) is 9.11. The SMILES string of the molecule is CCOC[C@@]12CCN(c3ccc(C#N)c(C(F)(F)F)c3)C[C@@H]1CN(C(=O)c1ccc(C)nc1)C2. The van der Waals surface area contributed by atoms with E-state index in [1.807, 2.05) is 23.6 Å². The number of halogens is 3. The molecule has 34 heavy (non-hydrogen) atoms. The first-order valence-corrected chi connectivity index (χ1v) is 11.3. The molecule has 2 atom stereocenters. The van der Waals surface area contributed by atoms with Crippen LogP contribution in [0.3, 0.4) is 0 Å². The molecule has 2 fully saturated rings. The second-order valence-corrected chi connectivity index (χ2v) is 9.11. The number of hydrogen-bond acceptors (Lipinski definition) is 5. The van der Waals surface area contributed by atoms with E-state index in [4.69, 9.17) is 10.00 Å². The van der Waals surface area contributed by atoms with Crippen LogP contribution in [0.2, 0.25) is 0 Å². The number of hydrogen-bond donors (Lipinski definition) is 0. The van der Waals surface area contributed by atoms with E-state index in [-0.39, 0.29) is 22.8 Å². The Morgan fingerprint density at radius 2 is 2.09 bits per heavy atom. The first-order chi connectivity index (χ1) is 16.2. The number of carbonyl (C=O) groups is 1. The average molecular weight is 473 g/mol. The molecule has 2 aliphatic rings. The Morgan fingerprint density at radius 3 is 2.74 bits per heavy atom. The summed E-state index contributed by atoms with van der Waals surface area (Å²) in [5, 5.41) is 9.09. The summed E-state index contributed by atoms with van der Waals surface area (Å²) < 4.78 is 46.3. The molecule has 1 aromatic carbocycles. The van der Waals surface area contributed by atoms with Gasteiger partial charge in [0.05, 0.1) is 29.4 Å². The number of amides is 1. The average Bonchev–Trinajstić information content (AvgIpc) is 3.21. The monoisotopic (exact) mass is 472 g/mol. The van der Waals surface area contributed by atoms with E-state index >= 15 is 0 Å². The van der Waals surface area contributed by atoms with Crippen LogP contribution >= 0.6 is 0 Å². The van der Waals surface area contributed by atoms with Crippen LogP contribution in [0.25, 0.3) is 0 Å². The van der Waals surface area contributed by atoms with Crippen molar-refractivity contribution in [3.05, 3.63) is 58.9 Å². The fourth-order valence-corrected chi connectivity index (χ4v) is 5.05. The first kappa shape index (κ1) is 24.0. The number of rotatable bonds is 5. The van der Waals surface area contributed by atoms with Gasteiger partial charge in [0, 0.05) is 61.7 Å². The van der Waals surface area contributed by atoms with E-state index in [1.165, 1.54) is 6.07 Å². The zero-order valence-corrected chi connectivity index (χ0v) is 19.2. The van der Waals surface area contributed by atoms with Crippen molar-refractivity contribution >= 4 is 11.6 Å². The summed E-state index contributed by atoms with van der Waals surface area (Å²) in [5.74, 6) is -0.0535. The van der Waals surface area contributed by atoms with Gasteiger partial charge in [-0.2, -0.15) is 18.4 Å². The molecule has 3 heterocycles. The molecular weight excluding hydrogens is 445 g/mol. The molecule has 2 aliphatic heterocycles. The lowest BCUT2D eigenvalue weighted by atomic mass is 9.73. The second kappa shape index (κ2) is 9.26. The topological polar surface area (TPSA) is 69.5 Å². The summed E-state index contributed by atoms with van der Waals surface area (Å²) in [6, 6.07) is 9.06. The maximum atomic E-state index is 13.5. The van der Waals surface area contributed by atoms with Gasteiger partial charge in [-0.25, -0.2) is 0 Å². The molecule has 6 nitrogen and oxygen atoms in total. The van der Waals surface area contributed by atoms with Crippen LogP contribution in [0, 0.1) is 29.6 Å². The van der Waals surface area contributed by atoms with Gasteiger partial charge >= 0.3 is 6.18 Å². The van der Waals surface area contributed by atoms with Crippen LogP contribution in [-0.4, -0.2) is 55.2 Å². The van der Waals surface area contributed by atoms with Crippen LogP contribution in [-0.2, 0) is 10.9 Å². The van der Waals surface area contributed by atoms with E-state index in [2.05, 4.69) is 4.98 Å². The number of piperidine rings is 1. The third kappa shape index (κ3) is 4.60. The van der Waals surface area contributed by atoms with Gasteiger partial charge in [-0.15, -0.1) is 0 Å². The van der Waals surface area contributed by atoms with Crippen molar-refractivity contribution < 1.29 is 22.7 Å². The highest BCUT2D eigenvalue weighted by atomic mass is 19.4. The zero-order valence-electron chi connectivity index (χ0n) is 19.2. The summed E-state index contributed by atoms with van der Waals surface area (Å²) in [7, 11) is 0. The minimum atomic E-state index is -4.60. The van der Waals surface area contributed by atoms with Gasteiger partial charge < -0.3 is 14.5 Å². The Bertz CT molecular complexity index is 1100. The number of alkyl halides is 3. The van der Waals surface area contributed by atoms with Crippen molar-refractivity contribution in [2.75, 3.05) is 44.3 Å². The molecule has 180 valence electrons. The molecule has 4 rings (SSSR count). The quantitative estimate of drug-likeness (QED) is 0.650.